The zero-order valence-corrected chi connectivity index (χ0v) is 9.40. The Labute approximate surface area is 94.7 Å². The van der Waals surface area contributed by atoms with Crippen LogP contribution < -0.4 is 10.5 Å². The topological polar surface area (TPSA) is 61.5 Å². The van der Waals surface area contributed by atoms with Gasteiger partial charge in [-0.05, 0) is 17.7 Å². The second-order valence-electron chi connectivity index (χ2n) is 3.22. The highest BCUT2D eigenvalue weighted by molar-refractivity contribution is 5.72. The Morgan fingerprint density at radius 2 is 2.12 bits per heavy atom. The number of nitrogens with two attached hydrogens (primary N) is 1. The normalized spacial score (nSPS) is 10.4. The molecule has 86 valence electrons. The number of hydrogen-bond donors (Lipinski definition) is 1. The Morgan fingerprint density at radius 1 is 1.38 bits per heavy atom. The molecule has 0 saturated heterocycles. The van der Waals surface area contributed by atoms with Crippen molar-refractivity contribution in [1.82, 2.24) is 0 Å². The summed E-state index contributed by atoms with van der Waals surface area (Å²) in [6, 6.07) is 5.37. The van der Waals surface area contributed by atoms with Crippen LogP contribution in [0.15, 0.2) is 24.3 Å². The van der Waals surface area contributed by atoms with E-state index in [1.165, 1.54) is 7.11 Å². The number of anilines is 1. The van der Waals surface area contributed by atoms with E-state index in [1.54, 1.807) is 31.4 Å². The molecule has 4 heteroatoms. The molecule has 0 saturated carbocycles. The van der Waals surface area contributed by atoms with Gasteiger partial charge in [-0.1, -0.05) is 12.2 Å². The lowest BCUT2D eigenvalue weighted by atomic mass is 10.1. The van der Waals surface area contributed by atoms with E-state index in [1.807, 2.05) is 6.07 Å². The lowest BCUT2D eigenvalue weighted by Crippen LogP contribution is -1.96. The molecule has 0 aliphatic heterocycles. The van der Waals surface area contributed by atoms with Crippen molar-refractivity contribution in [1.29, 1.82) is 0 Å². The fourth-order valence-corrected chi connectivity index (χ4v) is 1.23. The van der Waals surface area contributed by atoms with Crippen molar-refractivity contribution in [2.45, 2.75) is 6.42 Å². The van der Waals surface area contributed by atoms with E-state index >= 15 is 0 Å². The van der Waals surface area contributed by atoms with Crippen LogP contribution in [0.1, 0.15) is 12.0 Å². The van der Waals surface area contributed by atoms with Crippen molar-refractivity contribution >= 4 is 17.7 Å². The number of rotatable bonds is 4. The van der Waals surface area contributed by atoms with E-state index < -0.39 is 0 Å². The highest BCUT2D eigenvalue weighted by Crippen LogP contribution is 2.19. The first-order chi connectivity index (χ1) is 7.65. The monoisotopic (exact) mass is 221 g/mol. The van der Waals surface area contributed by atoms with Gasteiger partial charge in [0.1, 0.15) is 5.75 Å². The minimum Gasteiger partial charge on any atom is -0.497 e. The van der Waals surface area contributed by atoms with Gasteiger partial charge in [-0.15, -0.1) is 0 Å². The Morgan fingerprint density at radius 3 is 2.75 bits per heavy atom. The fourth-order valence-electron chi connectivity index (χ4n) is 1.23. The van der Waals surface area contributed by atoms with Crippen LogP contribution in [0.4, 0.5) is 5.69 Å². The van der Waals surface area contributed by atoms with Gasteiger partial charge in [0, 0.05) is 11.8 Å². The molecule has 1 aromatic carbocycles. The van der Waals surface area contributed by atoms with Gasteiger partial charge in [0.2, 0.25) is 0 Å². The lowest BCUT2D eigenvalue weighted by Gasteiger charge is -2.03. The van der Waals surface area contributed by atoms with Crippen molar-refractivity contribution in [3.63, 3.8) is 0 Å². The van der Waals surface area contributed by atoms with Crippen LogP contribution in [0.5, 0.6) is 5.75 Å². The van der Waals surface area contributed by atoms with Crippen molar-refractivity contribution < 1.29 is 14.3 Å². The molecule has 0 aromatic heterocycles. The lowest BCUT2D eigenvalue weighted by molar-refractivity contribution is -0.139. The maximum atomic E-state index is 10.9. The molecule has 0 fully saturated rings. The molecule has 0 aliphatic carbocycles. The number of carbonyl (C=O) groups excluding carboxylic acids is 1. The number of esters is 1. The van der Waals surface area contributed by atoms with E-state index in [9.17, 15) is 4.79 Å². The van der Waals surface area contributed by atoms with Crippen LogP contribution in [0.3, 0.4) is 0 Å². The van der Waals surface area contributed by atoms with Gasteiger partial charge in [-0.25, -0.2) is 0 Å². The van der Waals surface area contributed by atoms with Crippen LogP contribution in [-0.4, -0.2) is 20.2 Å². The number of methoxy groups -OCH3 is 2. The summed E-state index contributed by atoms with van der Waals surface area (Å²) in [5.41, 5.74) is 7.20. The summed E-state index contributed by atoms with van der Waals surface area (Å²) >= 11 is 0. The highest BCUT2D eigenvalue weighted by atomic mass is 16.5. The van der Waals surface area contributed by atoms with Gasteiger partial charge in [-0.2, -0.15) is 0 Å². The van der Waals surface area contributed by atoms with Crippen LogP contribution in [0.25, 0.3) is 6.08 Å². The van der Waals surface area contributed by atoms with Gasteiger partial charge < -0.3 is 15.2 Å². The molecule has 2 N–H and O–H groups in total. The average Bonchev–Trinajstić information content (AvgIpc) is 2.28. The summed E-state index contributed by atoms with van der Waals surface area (Å²) in [5.74, 6) is 0.421. The molecule has 0 bridgehead atoms. The summed E-state index contributed by atoms with van der Waals surface area (Å²) < 4.78 is 9.60. The van der Waals surface area contributed by atoms with E-state index in [0.29, 0.717) is 11.4 Å². The quantitative estimate of drug-likeness (QED) is 0.622. The third kappa shape index (κ3) is 3.65. The molecule has 0 radical (unpaired) electrons. The maximum absolute atomic E-state index is 10.9. The van der Waals surface area contributed by atoms with Crippen molar-refractivity contribution in [3.8, 4) is 5.75 Å². The molecule has 0 atom stereocenters. The first kappa shape index (κ1) is 12.1. The van der Waals surface area contributed by atoms with Crippen LogP contribution >= 0.6 is 0 Å². The number of ether oxygens (including phenoxy) is 2. The molecule has 1 rings (SSSR count). The SMILES string of the molecule is COC(=O)CC=Cc1cc(N)cc(OC)c1. The fraction of sp³-hybridized carbons (Fsp3) is 0.250. The van der Waals surface area contributed by atoms with Gasteiger partial charge in [0.25, 0.3) is 0 Å². The third-order valence-corrected chi connectivity index (χ3v) is 2.01. The number of carbonyl (C=O) groups is 1. The molecule has 0 amide bonds. The summed E-state index contributed by atoms with van der Waals surface area (Å²) in [6.07, 6.45) is 3.77. The molecule has 0 heterocycles. The summed E-state index contributed by atoms with van der Waals surface area (Å²) in [5, 5.41) is 0. The van der Waals surface area contributed by atoms with Crippen LogP contribution in [0.2, 0.25) is 0 Å². The van der Waals surface area contributed by atoms with Crippen LogP contribution in [0, 0.1) is 0 Å². The van der Waals surface area contributed by atoms with Gasteiger partial charge in [-0.3, -0.25) is 4.79 Å². The molecule has 16 heavy (non-hydrogen) atoms. The summed E-state index contributed by atoms with van der Waals surface area (Å²) in [4.78, 5) is 10.9. The Kier molecular flexibility index (Phi) is 4.39. The van der Waals surface area contributed by atoms with Crippen molar-refractivity contribution in [2.75, 3.05) is 20.0 Å². The zero-order valence-electron chi connectivity index (χ0n) is 9.40. The smallest absolute Gasteiger partial charge is 0.309 e. The van der Waals surface area contributed by atoms with Gasteiger partial charge in [0.05, 0.1) is 20.6 Å². The van der Waals surface area contributed by atoms with Crippen molar-refractivity contribution in [2.24, 2.45) is 0 Å². The molecule has 0 unspecified atom stereocenters. The number of benzene rings is 1. The summed E-state index contributed by atoms with van der Waals surface area (Å²) in [7, 11) is 2.94. The Bertz CT molecular complexity index is 399. The molecular formula is C12H15NO3. The second-order valence-corrected chi connectivity index (χ2v) is 3.22. The summed E-state index contributed by atoms with van der Waals surface area (Å²) in [6.45, 7) is 0. The first-order valence-electron chi connectivity index (χ1n) is 4.83. The second kappa shape index (κ2) is 5.80. The number of nitrogen functional groups attached to an aromatic ring is 1. The minimum atomic E-state index is -0.271. The maximum Gasteiger partial charge on any atom is 0.309 e. The number of hydrogen-bond acceptors (Lipinski definition) is 4. The highest BCUT2D eigenvalue weighted by Gasteiger charge is 1.97. The largest absolute Gasteiger partial charge is 0.497 e. The third-order valence-electron chi connectivity index (χ3n) is 2.01. The Balaban J connectivity index is 2.73. The van der Waals surface area contributed by atoms with E-state index in [4.69, 9.17) is 10.5 Å². The molecule has 1 aromatic rings. The van der Waals surface area contributed by atoms with E-state index in [-0.39, 0.29) is 12.4 Å². The van der Waals surface area contributed by atoms with Gasteiger partial charge >= 0.3 is 5.97 Å². The first-order valence-corrected chi connectivity index (χ1v) is 4.83. The van der Waals surface area contributed by atoms with Gasteiger partial charge in [0.15, 0.2) is 0 Å². The van der Waals surface area contributed by atoms with E-state index in [0.717, 1.165) is 5.56 Å². The molecular weight excluding hydrogens is 206 g/mol. The van der Waals surface area contributed by atoms with E-state index in [2.05, 4.69) is 4.74 Å². The Hall–Kier alpha value is -1.97. The van der Waals surface area contributed by atoms with Crippen molar-refractivity contribution in [3.05, 3.63) is 29.8 Å². The molecule has 4 nitrogen and oxygen atoms in total. The van der Waals surface area contributed by atoms with Crippen LogP contribution in [-0.2, 0) is 9.53 Å². The zero-order chi connectivity index (χ0) is 12.0. The predicted octanol–water partition coefficient (Wildman–Crippen LogP) is 1.85. The molecule has 0 spiro atoms. The average molecular weight is 221 g/mol. The standard InChI is InChI=1S/C12H15NO3/c1-15-11-7-9(6-10(13)8-11)4-3-5-12(14)16-2/h3-4,6-8H,5,13H2,1-2H3. The minimum absolute atomic E-state index is 0.244. The predicted molar refractivity (Wildman–Crippen MR) is 63.1 cm³/mol. The molecule has 0 aliphatic rings.